The molecular formula is C25H42O7S. The van der Waals surface area contributed by atoms with Crippen LogP contribution in [0.1, 0.15) is 72.1 Å². The maximum absolute atomic E-state index is 12.1. The lowest BCUT2D eigenvalue weighted by Gasteiger charge is -2.17. The molecule has 0 spiro atoms. The first kappa shape index (κ1) is 29.7. The Hall–Kier alpha value is -1.35. The molecule has 190 valence electrons. The fraction of sp³-hybridized carbons (Fsp3) is 0.760. The Morgan fingerprint density at radius 1 is 1.21 bits per heavy atom. The number of unbranched alkanes of at least 4 members (excludes halogenated alkanes) is 1. The van der Waals surface area contributed by atoms with Gasteiger partial charge >= 0.3 is 11.9 Å². The number of rotatable bonds is 17. The molecule has 7 nitrogen and oxygen atoms in total. The van der Waals surface area contributed by atoms with Crippen molar-refractivity contribution in [3.8, 4) is 0 Å². The van der Waals surface area contributed by atoms with Crippen molar-refractivity contribution in [2.45, 2.75) is 84.3 Å². The summed E-state index contributed by atoms with van der Waals surface area (Å²) in [6, 6.07) is 0. The highest BCUT2D eigenvalue weighted by Gasteiger charge is 2.34. The third-order valence-electron chi connectivity index (χ3n) is 5.45. The molecule has 4 atom stereocenters. The summed E-state index contributed by atoms with van der Waals surface area (Å²) in [7, 11) is 1.32. The third kappa shape index (κ3) is 12.1. The lowest BCUT2D eigenvalue weighted by atomic mass is 9.96. The molecule has 0 aromatic carbocycles. The molecule has 0 saturated carbocycles. The van der Waals surface area contributed by atoms with E-state index in [1.54, 1.807) is 6.08 Å². The zero-order chi connectivity index (χ0) is 24.6. The zero-order valence-electron chi connectivity index (χ0n) is 20.6. The number of aliphatic hydroxyl groups is 2. The largest absolute Gasteiger partial charge is 0.467 e. The minimum absolute atomic E-state index is 0.0810. The van der Waals surface area contributed by atoms with Crippen LogP contribution in [0.2, 0.25) is 0 Å². The predicted molar refractivity (Wildman–Crippen MR) is 131 cm³/mol. The van der Waals surface area contributed by atoms with Gasteiger partial charge in [-0.1, -0.05) is 52.2 Å². The quantitative estimate of drug-likeness (QED) is 0.178. The first-order valence-corrected chi connectivity index (χ1v) is 13.1. The molecule has 33 heavy (non-hydrogen) atoms. The Bertz CT molecular complexity index is 647. The molecular weight excluding hydrogens is 444 g/mol. The molecule has 0 amide bonds. The van der Waals surface area contributed by atoms with Crippen molar-refractivity contribution in [1.29, 1.82) is 0 Å². The van der Waals surface area contributed by atoms with Gasteiger partial charge in [-0.15, -0.1) is 11.8 Å². The zero-order valence-corrected chi connectivity index (χ0v) is 21.4. The number of hydrogen-bond acceptors (Lipinski definition) is 8. The maximum atomic E-state index is 12.1. The number of carbonyl (C=O) groups excluding carboxylic acids is 2. The van der Waals surface area contributed by atoms with Crippen molar-refractivity contribution in [3.05, 3.63) is 22.8 Å². The van der Waals surface area contributed by atoms with E-state index in [1.165, 1.54) is 18.9 Å². The maximum Gasteiger partial charge on any atom is 0.331 e. The Morgan fingerprint density at radius 2 is 1.97 bits per heavy atom. The average molecular weight is 487 g/mol. The Morgan fingerprint density at radius 3 is 2.64 bits per heavy atom. The van der Waals surface area contributed by atoms with Gasteiger partial charge in [-0.2, -0.15) is 0 Å². The van der Waals surface area contributed by atoms with Crippen molar-refractivity contribution in [2.75, 3.05) is 26.1 Å². The van der Waals surface area contributed by atoms with E-state index in [-0.39, 0.29) is 24.9 Å². The third-order valence-corrected chi connectivity index (χ3v) is 6.75. The van der Waals surface area contributed by atoms with E-state index in [2.05, 4.69) is 18.6 Å². The summed E-state index contributed by atoms with van der Waals surface area (Å²) >= 11 is 1.52. The molecule has 8 heteroatoms. The molecule has 0 aliphatic heterocycles. The SMILES string of the molecule is CCCC[C@@H](C)C[C@H](O)C=C[C@@H]1C(SCCCOCC(=O)OC)=C(OC(=O)CCC)C[C@H]1O. The van der Waals surface area contributed by atoms with Crippen molar-refractivity contribution < 1.29 is 34.0 Å². The highest BCUT2D eigenvalue weighted by Crippen LogP contribution is 2.41. The van der Waals surface area contributed by atoms with Gasteiger partial charge in [0.05, 0.1) is 19.3 Å². The summed E-state index contributed by atoms with van der Waals surface area (Å²) in [6.07, 6.45) is 8.37. The minimum Gasteiger partial charge on any atom is -0.467 e. The molecule has 0 fully saturated rings. The number of aliphatic hydroxyl groups excluding tert-OH is 2. The van der Waals surface area contributed by atoms with Crippen molar-refractivity contribution in [2.24, 2.45) is 11.8 Å². The number of carbonyl (C=O) groups is 2. The number of ether oxygens (including phenoxy) is 3. The van der Waals surface area contributed by atoms with Gasteiger partial charge < -0.3 is 24.4 Å². The van der Waals surface area contributed by atoms with Gasteiger partial charge in [-0.25, -0.2) is 4.79 Å². The van der Waals surface area contributed by atoms with Crippen LogP contribution in [0.15, 0.2) is 22.8 Å². The second kappa shape index (κ2) is 17.1. The topological polar surface area (TPSA) is 102 Å². The number of thioether (sulfide) groups is 1. The number of esters is 2. The van der Waals surface area contributed by atoms with Crippen LogP contribution in [0.4, 0.5) is 0 Å². The minimum atomic E-state index is -0.700. The van der Waals surface area contributed by atoms with Crippen molar-refractivity contribution >= 4 is 23.7 Å². The van der Waals surface area contributed by atoms with Crippen molar-refractivity contribution in [3.63, 3.8) is 0 Å². The summed E-state index contributed by atoms with van der Waals surface area (Å²) in [5.74, 6) is 0.589. The second-order valence-electron chi connectivity index (χ2n) is 8.57. The van der Waals surface area contributed by atoms with Crippen LogP contribution < -0.4 is 0 Å². The lowest BCUT2D eigenvalue weighted by Crippen LogP contribution is -2.15. The predicted octanol–water partition coefficient (Wildman–Crippen LogP) is 4.37. The first-order chi connectivity index (χ1) is 15.8. The average Bonchev–Trinajstić information content (AvgIpc) is 3.06. The van der Waals surface area contributed by atoms with E-state index >= 15 is 0 Å². The molecule has 1 rings (SSSR count). The molecule has 1 aliphatic carbocycles. The Balaban J connectivity index is 2.75. The van der Waals surface area contributed by atoms with Gasteiger partial charge in [0, 0.05) is 36.0 Å². The van der Waals surface area contributed by atoms with E-state index in [4.69, 9.17) is 9.47 Å². The van der Waals surface area contributed by atoms with Crippen molar-refractivity contribution in [1.82, 2.24) is 0 Å². The molecule has 0 aromatic rings. The molecule has 0 unspecified atom stereocenters. The summed E-state index contributed by atoms with van der Waals surface area (Å²) < 4.78 is 15.4. The molecule has 0 radical (unpaired) electrons. The second-order valence-corrected chi connectivity index (χ2v) is 9.71. The smallest absolute Gasteiger partial charge is 0.331 e. The van der Waals surface area contributed by atoms with Crippen LogP contribution in [0.25, 0.3) is 0 Å². The number of methoxy groups -OCH3 is 1. The van der Waals surface area contributed by atoms with Crippen LogP contribution in [-0.4, -0.2) is 60.4 Å². The molecule has 0 heterocycles. The van der Waals surface area contributed by atoms with E-state index in [0.29, 0.717) is 49.7 Å². The lowest BCUT2D eigenvalue weighted by molar-refractivity contribution is -0.146. The van der Waals surface area contributed by atoms with Gasteiger partial charge in [0.25, 0.3) is 0 Å². The summed E-state index contributed by atoms with van der Waals surface area (Å²) in [6.45, 7) is 6.54. The van der Waals surface area contributed by atoms with E-state index in [9.17, 15) is 19.8 Å². The Kier molecular flexibility index (Phi) is 15.4. The fourth-order valence-corrected chi connectivity index (χ4v) is 4.82. The normalized spacial score (nSPS) is 20.3. The summed E-state index contributed by atoms with van der Waals surface area (Å²) in [4.78, 5) is 24.0. The van der Waals surface area contributed by atoms with Crippen LogP contribution >= 0.6 is 11.8 Å². The van der Waals surface area contributed by atoms with Crippen LogP contribution in [-0.2, 0) is 23.8 Å². The van der Waals surface area contributed by atoms with Crippen LogP contribution in [0, 0.1) is 11.8 Å². The van der Waals surface area contributed by atoms with Crippen LogP contribution in [0.5, 0.6) is 0 Å². The first-order valence-electron chi connectivity index (χ1n) is 12.1. The highest BCUT2D eigenvalue weighted by atomic mass is 32.2. The van der Waals surface area contributed by atoms with Gasteiger partial charge in [0.1, 0.15) is 12.4 Å². The fourth-order valence-electron chi connectivity index (χ4n) is 3.62. The van der Waals surface area contributed by atoms with E-state index in [0.717, 1.165) is 24.2 Å². The molecule has 1 aliphatic rings. The molecule has 0 aromatic heterocycles. The molecule has 0 bridgehead atoms. The monoisotopic (exact) mass is 486 g/mol. The van der Waals surface area contributed by atoms with E-state index in [1.807, 2.05) is 13.0 Å². The van der Waals surface area contributed by atoms with E-state index < -0.39 is 18.2 Å². The molecule has 2 N–H and O–H groups in total. The van der Waals surface area contributed by atoms with Gasteiger partial charge in [0.2, 0.25) is 0 Å². The standard InChI is InChI=1S/C25H42O7S/c1-5-7-10-18(3)15-19(26)11-12-20-21(27)16-22(32-23(28)9-6-2)25(20)33-14-8-13-31-17-24(29)30-4/h11-12,18-21,26-27H,5-10,13-17H2,1-4H3/t18-,19-,20+,21-/m1/s1. The number of hydrogen-bond donors (Lipinski definition) is 2. The summed E-state index contributed by atoms with van der Waals surface area (Å²) in [5.41, 5.74) is 0. The highest BCUT2D eigenvalue weighted by molar-refractivity contribution is 8.03. The van der Waals surface area contributed by atoms with Crippen LogP contribution in [0.3, 0.4) is 0 Å². The van der Waals surface area contributed by atoms with Gasteiger partial charge in [0.15, 0.2) is 0 Å². The van der Waals surface area contributed by atoms with Gasteiger partial charge in [-0.05, 0) is 25.2 Å². The van der Waals surface area contributed by atoms with Gasteiger partial charge in [-0.3, -0.25) is 4.79 Å². The molecule has 0 saturated heterocycles. The summed E-state index contributed by atoms with van der Waals surface area (Å²) in [5, 5.41) is 21.1. The Labute approximate surface area is 202 Å².